The maximum Gasteiger partial charge on any atom is 0.356 e. The van der Waals surface area contributed by atoms with Crippen LogP contribution >= 0.6 is 7.60 Å². The van der Waals surface area contributed by atoms with Crippen LogP contribution < -0.4 is 11.2 Å². The van der Waals surface area contributed by atoms with Gasteiger partial charge in [-0.2, -0.15) is 0 Å². The van der Waals surface area contributed by atoms with Crippen LogP contribution in [0.2, 0.25) is 0 Å². The lowest BCUT2D eigenvalue weighted by molar-refractivity contribution is -0.203. The van der Waals surface area contributed by atoms with E-state index in [0.29, 0.717) is 0 Å². The second-order valence-electron chi connectivity index (χ2n) is 6.08. The number of aromatic amines is 1. The fourth-order valence-corrected chi connectivity index (χ4v) is 3.51. The molecular weight excluding hydrogens is 347 g/mol. The molecule has 0 bridgehead atoms. The highest BCUT2D eigenvalue weighted by Gasteiger charge is 2.60. The van der Waals surface area contributed by atoms with Crippen molar-refractivity contribution in [1.82, 2.24) is 9.55 Å². The number of hydrogen-bond acceptors (Lipinski definition) is 7. The van der Waals surface area contributed by atoms with Crippen LogP contribution in [0.4, 0.5) is 0 Å². The van der Waals surface area contributed by atoms with Gasteiger partial charge in [-0.3, -0.25) is 18.9 Å². The molecule has 5 atom stereocenters. The van der Waals surface area contributed by atoms with Crippen LogP contribution in [0.1, 0.15) is 20.1 Å². The highest BCUT2D eigenvalue weighted by molar-refractivity contribution is 7.52. The fraction of sp³-hybridized carbons (Fsp3) is 0.667. The molecule has 3 rings (SSSR count). The molecule has 2 fully saturated rings. The zero-order valence-electron chi connectivity index (χ0n) is 12.7. The molecule has 3 heterocycles. The average Bonchev–Trinajstić information content (AvgIpc) is 2.90. The molecule has 2 aliphatic rings. The third-order valence-corrected chi connectivity index (χ3v) is 4.81. The minimum atomic E-state index is -4.88. The Hall–Kier alpha value is -1.33. The lowest BCUT2D eigenvalue weighted by Crippen LogP contribution is -2.38. The molecule has 0 spiro atoms. The van der Waals surface area contributed by atoms with Crippen LogP contribution in [0.5, 0.6) is 0 Å². The van der Waals surface area contributed by atoms with E-state index in [9.17, 15) is 29.0 Å². The number of hydrogen-bond donors (Lipinski definition) is 4. The first-order valence-corrected chi connectivity index (χ1v) is 8.74. The molecule has 24 heavy (non-hydrogen) atoms. The summed E-state index contributed by atoms with van der Waals surface area (Å²) in [5, 5.41) is 9.91. The number of aromatic nitrogens is 2. The Kier molecular flexibility index (Phi) is 4.08. The molecule has 0 aromatic carbocycles. The first-order chi connectivity index (χ1) is 11.0. The van der Waals surface area contributed by atoms with Crippen molar-refractivity contribution in [2.45, 2.75) is 50.0 Å². The molecule has 0 aliphatic carbocycles. The Morgan fingerprint density at radius 2 is 1.92 bits per heavy atom. The lowest BCUT2D eigenvalue weighted by atomic mass is 10.1. The van der Waals surface area contributed by atoms with E-state index in [0.717, 1.165) is 10.6 Å². The van der Waals surface area contributed by atoms with E-state index in [1.54, 1.807) is 13.8 Å². The highest BCUT2D eigenvalue weighted by atomic mass is 31.2. The van der Waals surface area contributed by atoms with E-state index in [1.807, 2.05) is 4.98 Å². The lowest BCUT2D eigenvalue weighted by Gasteiger charge is -2.27. The van der Waals surface area contributed by atoms with Gasteiger partial charge in [-0.15, -0.1) is 0 Å². The number of rotatable bonds is 3. The summed E-state index contributed by atoms with van der Waals surface area (Å²) in [5.74, 6) is -3.25. The molecule has 2 aliphatic heterocycles. The number of nitrogens with one attached hydrogen (secondary N) is 1. The van der Waals surface area contributed by atoms with E-state index in [4.69, 9.17) is 14.2 Å². The van der Waals surface area contributed by atoms with Gasteiger partial charge in [0.1, 0.15) is 18.3 Å². The summed E-state index contributed by atoms with van der Waals surface area (Å²) in [7, 11) is -4.88. The predicted octanol–water partition coefficient (Wildman–Crippen LogP) is -1.55. The van der Waals surface area contributed by atoms with Crippen molar-refractivity contribution in [2.75, 3.05) is 0 Å². The van der Waals surface area contributed by atoms with Crippen molar-refractivity contribution in [1.29, 1.82) is 0 Å². The summed E-state index contributed by atoms with van der Waals surface area (Å²) in [5.41, 5.74) is -1.40. The maximum atomic E-state index is 12.0. The summed E-state index contributed by atoms with van der Waals surface area (Å²) in [6, 6.07) is 1.09. The van der Waals surface area contributed by atoms with E-state index in [1.165, 1.54) is 6.20 Å². The number of aliphatic hydroxyl groups excluding tert-OH is 1. The highest BCUT2D eigenvalue weighted by Crippen LogP contribution is 2.50. The molecule has 1 aromatic rings. The van der Waals surface area contributed by atoms with Gasteiger partial charge in [0.2, 0.25) is 0 Å². The van der Waals surface area contributed by atoms with Gasteiger partial charge in [0.15, 0.2) is 17.9 Å². The van der Waals surface area contributed by atoms with Gasteiger partial charge in [-0.25, -0.2) is 4.79 Å². The molecule has 0 saturated carbocycles. The van der Waals surface area contributed by atoms with Crippen LogP contribution in [0.25, 0.3) is 0 Å². The van der Waals surface area contributed by atoms with Crippen LogP contribution in [0.15, 0.2) is 21.9 Å². The molecule has 134 valence electrons. The first kappa shape index (κ1) is 17.5. The van der Waals surface area contributed by atoms with Crippen LogP contribution in [-0.2, 0) is 18.8 Å². The Bertz CT molecular complexity index is 796. The number of H-pyrrole nitrogens is 1. The smallest absolute Gasteiger partial charge is 0.356 e. The molecule has 2 saturated heterocycles. The minimum Gasteiger partial charge on any atom is -0.378 e. The molecule has 12 heteroatoms. The van der Waals surface area contributed by atoms with Gasteiger partial charge in [0.05, 0.1) is 0 Å². The SMILES string of the molecule is CC1(C)O[C@H]2[C@@H](O1)[C@H](n1ccc(=O)[nH]c1=O)O[C@@H]2[C@@H](O)P(=O)(O)O. The van der Waals surface area contributed by atoms with Gasteiger partial charge in [-0.1, -0.05) is 0 Å². The second-order valence-corrected chi connectivity index (χ2v) is 7.78. The van der Waals surface area contributed by atoms with Crippen molar-refractivity contribution in [3.8, 4) is 0 Å². The number of ether oxygens (including phenoxy) is 3. The van der Waals surface area contributed by atoms with Crippen LogP contribution in [0.3, 0.4) is 0 Å². The van der Waals surface area contributed by atoms with Gasteiger partial charge in [0.25, 0.3) is 5.56 Å². The van der Waals surface area contributed by atoms with Crippen molar-refractivity contribution >= 4 is 7.60 Å². The quantitative estimate of drug-likeness (QED) is 0.465. The molecule has 4 N–H and O–H groups in total. The number of aliphatic hydroxyl groups is 1. The Labute approximate surface area is 134 Å². The molecular formula is C12H17N2O9P. The van der Waals surface area contributed by atoms with Crippen molar-refractivity contribution in [3.63, 3.8) is 0 Å². The largest absolute Gasteiger partial charge is 0.378 e. The van der Waals surface area contributed by atoms with Crippen molar-refractivity contribution in [2.24, 2.45) is 0 Å². The second kappa shape index (κ2) is 5.60. The van der Waals surface area contributed by atoms with Gasteiger partial charge >= 0.3 is 13.3 Å². The topological polar surface area (TPSA) is 160 Å². The third kappa shape index (κ3) is 3.00. The van der Waals surface area contributed by atoms with Crippen LogP contribution in [-0.4, -0.2) is 54.4 Å². The Balaban J connectivity index is 2.01. The first-order valence-electron chi connectivity index (χ1n) is 7.05. The Morgan fingerprint density at radius 3 is 2.50 bits per heavy atom. The molecule has 1 aromatic heterocycles. The van der Waals surface area contributed by atoms with E-state index < -0.39 is 55.0 Å². The molecule has 0 unspecified atom stereocenters. The monoisotopic (exact) mass is 364 g/mol. The summed E-state index contributed by atoms with van der Waals surface area (Å²) in [4.78, 5) is 43.6. The number of fused-ring (bicyclic) bond motifs is 1. The summed E-state index contributed by atoms with van der Waals surface area (Å²) < 4.78 is 29.1. The van der Waals surface area contributed by atoms with Gasteiger partial charge in [0, 0.05) is 12.3 Å². The van der Waals surface area contributed by atoms with Crippen molar-refractivity contribution < 1.29 is 33.7 Å². The van der Waals surface area contributed by atoms with Gasteiger partial charge < -0.3 is 29.1 Å². The molecule has 0 radical (unpaired) electrons. The summed E-state index contributed by atoms with van der Waals surface area (Å²) in [6.07, 6.45) is -3.29. The van der Waals surface area contributed by atoms with Crippen LogP contribution in [0, 0.1) is 0 Å². The third-order valence-electron chi connectivity index (χ3n) is 3.83. The standard InChI is InChI=1S/C12H17N2O9P/c1-12(2)22-6-7(23-12)9(14-4-3-5(15)13-11(14)17)21-8(6)10(16)24(18,19)20/h3-4,6-10,16H,1-2H3,(H,13,15,17)(H2,18,19,20)/t6-,7+,8-,9+,10-/m0/s1. The van der Waals surface area contributed by atoms with E-state index in [-0.39, 0.29) is 0 Å². The Morgan fingerprint density at radius 1 is 1.29 bits per heavy atom. The average molecular weight is 364 g/mol. The number of nitrogens with zero attached hydrogens (tertiary/aromatic N) is 1. The fourth-order valence-electron chi connectivity index (χ4n) is 2.89. The summed E-state index contributed by atoms with van der Waals surface area (Å²) >= 11 is 0. The maximum absolute atomic E-state index is 12.0. The zero-order chi connectivity index (χ0) is 17.9. The predicted molar refractivity (Wildman–Crippen MR) is 77.1 cm³/mol. The molecule has 11 nitrogen and oxygen atoms in total. The summed E-state index contributed by atoms with van der Waals surface area (Å²) in [6.45, 7) is 3.16. The minimum absolute atomic E-state index is 0.610. The van der Waals surface area contributed by atoms with E-state index in [2.05, 4.69) is 0 Å². The zero-order valence-corrected chi connectivity index (χ0v) is 13.6. The van der Waals surface area contributed by atoms with E-state index >= 15 is 0 Å². The van der Waals surface area contributed by atoms with Gasteiger partial charge in [-0.05, 0) is 13.8 Å². The normalized spacial score (nSPS) is 33.4. The molecule has 0 amide bonds. The van der Waals surface area contributed by atoms with Crippen molar-refractivity contribution in [3.05, 3.63) is 33.1 Å².